The topological polar surface area (TPSA) is 43.1 Å². The smallest absolute Gasteiger partial charge is 0.321 e. The summed E-state index contributed by atoms with van der Waals surface area (Å²) in [6.45, 7) is 3.21. The van der Waals surface area contributed by atoms with Gasteiger partial charge in [-0.15, -0.1) is 0 Å². The molecule has 0 aliphatic heterocycles. The minimum absolute atomic E-state index is 0.431. The number of rotatable bonds is 3. The summed E-state index contributed by atoms with van der Waals surface area (Å²) >= 11 is 0. The van der Waals surface area contributed by atoms with Crippen LogP contribution in [0, 0.1) is 5.92 Å². The number of hydrogen-bond acceptors (Lipinski definition) is 2. The molecule has 12 heavy (non-hydrogen) atoms. The summed E-state index contributed by atoms with van der Waals surface area (Å²) in [5, 5.41) is 0. The lowest BCUT2D eigenvalue weighted by atomic mass is 9.96. The molecule has 0 amide bonds. The van der Waals surface area contributed by atoms with Gasteiger partial charge in [-0.25, -0.2) is 0 Å². The number of alkyl halides is 3. The molecule has 0 aliphatic rings. The van der Waals surface area contributed by atoms with Crippen LogP contribution >= 0.6 is 0 Å². The first-order chi connectivity index (χ1) is 5.30. The summed E-state index contributed by atoms with van der Waals surface area (Å²) in [6, 6.07) is -1.42. The Kier molecular flexibility index (Phi) is 3.70. The van der Waals surface area contributed by atoms with Crippen molar-refractivity contribution in [3.8, 4) is 0 Å². The number of hydrogen-bond donors (Lipinski definition) is 1. The van der Waals surface area contributed by atoms with Crippen LogP contribution in [-0.2, 0) is 4.79 Å². The van der Waals surface area contributed by atoms with Crippen LogP contribution in [0.1, 0.15) is 20.3 Å². The molecule has 0 aromatic heterocycles. The fourth-order valence-corrected chi connectivity index (χ4v) is 0.701. The Morgan fingerprint density at radius 2 is 1.92 bits per heavy atom. The molecule has 0 heterocycles. The minimum Gasteiger partial charge on any atom is -0.321 e. The Bertz CT molecular complexity index is 167. The number of carbonyl (C=O) groups is 1. The quantitative estimate of drug-likeness (QED) is 0.720. The van der Waals surface area contributed by atoms with Crippen LogP contribution in [0.2, 0.25) is 0 Å². The largest absolute Gasteiger partial charge is 0.451 e. The van der Waals surface area contributed by atoms with Gasteiger partial charge in [-0.3, -0.25) is 4.79 Å². The number of Topliss-reactive ketones (excluding diaryl/α,β-unsaturated/α-hetero) is 1. The van der Waals surface area contributed by atoms with E-state index in [2.05, 4.69) is 0 Å². The van der Waals surface area contributed by atoms with E-state index in [9.17, 15) is 18.0 Å². The van der Waals surface area contributed by atoms with Gasteiger partial charge >= 0.3 is 6.18 Å². The maximum Gasteiger partial charge on any atom is 0.451 e. The van der Waals surface area contributed by atoms with Gasteiger partial charge in [0.05, 0.1) is 6.04 Å². The van der Waals surface area contributed by atoms with Crippen molar-refractivity contribution in [1.29, 1.82) is 0 Å². The molecule has 0 saturated heterocycles. The Morgan fingerprint density at radius 3 is 2.17 bits per heavy atom. The van der Waals surface area contributed by atoms with Gasteiger partial charge in [0.2, 0.25) is 0 Å². The summed E-state index contributed by atoms with van der Waals surface area (Å²) in [6.07, 6.45) is -4.34. The number of halogens is 3. The highest BCUT2D eigenvalue weighted by Crippen LogP contribution is 2.20. The Balaban J connectivity index is 4.30. The van der Waals surface area contributed by atoms with Crippen LogP contribution in [0.4, 0.5) is 13.2 Å². The highest BCUT2D eigenvalue weighted by Gasteiger charge is 2.43. The second-order valence-corrected chi connectivity index (χ2v) is 2.77. The van der Waals surface area contributed by atoms with Crippen molar-refractivity contribution in [2.75, 3.05) is 0 Å². The third-order valence-electron chi connectivity index (χ3n) is 1.84. The average molecular weight is 183 g/mol. The highest BCUT2D eigenvalue weighted by molar-refractivity contribution is 5.89. The van der Waals surface area contributed by atoms with E-state index in [1.165, 1.54) is 6.92 Å². The molecule has 5 heteroatoms. The molecule has 0 aromatic rings. The van der Waals surface area contributed by atoms with E-state index in [0.717, 1.165) is 0 Å². The average Bonchev–Trinajstić information content (AvgIpc) is 1.98. The van der Waals surface area contributed by atoms with Gasteiger partial charge in [0, 0.05) is 0 Å². The van der Waals surface area contributed by atoms with Crippen LogP contribution < -0.4 is 5.73 Å². The molecule has 2 N–H and O–H groups in total. The Labute approximate surface area is 68.9 Å². The van der Waals surface area contributed by atoms with Crippen molar-refractivity contribution < 1.29 is 18.0 Å². The normalized spacial score (nSPS) is 17.2. The van der Waals surface area contributed by atoms with E-state index >= 15 is 0 Å². The summed E-state index contributed by atoms with van der Waals surface area (Å²) in [4.78, 5) is 10.5. The molecule has 0 aliphatic carbocycles. The van der Waals surface area contributed by atoms with Gasteiger partial charge in [-0.2, -0.15) is 13.2 Å². The molecular formula is C7H12F3NO. The zero-order valence-electron chi connectivity index (χ0n) is 6.98. The lowest BCUT2D eigenvalue weighted by Gasteiger charge is -2.17. The van der Waals surface area contributed by atoms with Gasteiger partial charge in [0.15, 0.2) is 0 Å². The van der Waals surface area contributed by atoms with E-state index in [1.54, 1.807) is 6.92 Å². The maximum absolute atomic E-state index is 11.8. The predicted molar refractivity (Wildman–Crippen MR) is 38.5 cm³/mol. The van der Waals surface area contributed by atoms with Gasteiger partial charge < -0.3 is 5.73 Å². The summed E-state index contributed by atoms with van der Waals surface area (Å²) in [7, 11) is 0. The van der Waals surface area contributed by atoms with E-state index < -0.39 is 23.9 Å². The van der Waals surface area contributed by atoms with E-state index in [-0.39, 0.29) is 0 Å². The molecular weight excluding hydrogens is 171 g/mol. The molecule has 0 aromatic carbocycles. The summed E-state index contributed by atoms with van der Waals surface area (Å²) in [5.41, 5.74) is 5.09. The lowest BCUT2D eigenvalue weighted by Crippen LogP contribution is -2.44. The minimum atomic E-state index is -4.80. The van der Waals surface area contributed by atoms with Gasteiger partial charge in [0.1, 0.15) is 0 Å². The summed E-state index contributed by atoms with van der Waals surface area (Å²) < 4.78 is 35.3. The molecule has 72 valence electrons. The Hall–Kier alpha value is -0.580. The van der Waals surface area contributed by atoms with Crippen LogP contribution in [0.15, 0.2) is 0 Å². The van der Waals surface area contributed by atoms with Crippen LogP contribution in [-0.4, -0.2) is 18.0 Å². The third-order valence-corrected chi connectivity index (χ3v) is 1.84. The van der Waals surface area contributed by atoms with Gasteiger partial charge in [-0.05, 0) is 5.92 Å². The van der Waals surface area contributed by atoms with E-state index in [1.807, 2.05) is 0 Å². The molecule has 0 spiro atoms. The van der Waals surface area contributed by atoms with E-state index in [0.29, 0.717) is 6.42 Å². The van der Waals surface area contributed by atoms with Gasteiger partial charge in [-0.1, -0.05) is 20.3 Å². The molecule has 2 atom stereocenters. The van der Waals surface area contributed by atoms with Crippen LogP contribution in [0.5, 0.6) is 0 Å². The van der Waals surface area contributed by atoms with Crippen molar-refractivity contribution in [3.05, 3.63) is 0 Å². The number of carbonyl (C=O) groups excluding carboxylic acids is 1. The first kappa shape index (κ1) is 11.4. The predicted octanol–water partition coefficient (Wildman–Crippen LogP) is 1.49. The zero-order chi connectivity index (χ0) is 9.94. The molecule has 0 unspecified atom stereocenters. The molecule has 0 saturated carbocycles. The Morgan fingerprint density at radius 1 is 1.50 bits per heavy atom. The first-order valence-corrected chi connectivity index (χ1v) is 3.67. The standard InChI is InChI=1S/C7H12F3NO/c1-3-4(2)5(11)6(12)7(8,9)10/h4-5H,3,11H2,1-2H3/t4-,5-/m0/s1. The summed E-state index contributed by atoms with van der Waals surface area (Å²) in [5.74, 6) is -2.27. The molecule has 0 rings (SSSR count). The third kappa shape index (κ3) is 2.81. The number of ketones is 1. The van der Waals surface area contributed by atoms with Crippen molar-refractivity contribution in [2.24, 2.45) is 11.7 Å². The maximum atomic E-state index is 11.8. The molecule has 0 fully saturated rings. The fraction of sp³-hybridized carbons (Fsp3) is 0.857. The SMILES string of the molecule is CC[C@H](C)[C@H](N)C(=O)C(F)(F)F. The molecule has 0 bridgehead atoms. The zero-order valence-corrected chi connectivity index (χ0v) is 6.98. The second kappa shape index (κ2) is 3.89. The first-order valence-electron chi connectivity index (χ1n) is 3.67. The van der Waals surface area contributed by atoms with Crippen molar-refractivity contribution >= 4 is 5.78 Å². The lowest BCUT2D eigenvalue weighted by molar-refractivity contribution is -0.173. The molecule has 2 nitrogen and oxygen atoms in total. The monoisotopic (exact) mass is 183 g/mol. The van der Waals surface area contributed by atoms with Crippen molar-refractivity contribution in [1.82, 2.24) is 0 Å². The van der Waals surface area contributed by atoms with Crippen LogP contribution in [0.25, 0.3) is 0 Å². The number of nitrogens with two attached hydrogens (primary N) is 1. The van der Waals surface area contributed by atoms with E-state index in [4.69, 9.17) is 5.73 Å². The fourth-order valence-electron chi connectivity index (χ4n) is 0.701. The second-order valence-electron chi connectivity index (χ2n) is 2.77. The van der Waals surface area contributed by atoms with Gasteiger partial charge in [0.25, 0.3) is 5.78 Å². The van der Waals surface area contributed by atoms with Crippen LogP contribution in [0.3, 0.4) is 0 Å². The molecule has 0 radical (unpaired) electrons. The van der Waals surface area contributed by atoms with Crippen molar-refractivity contribution in [2.45, 2.75) is 32.5 Å². The highest BCUT2D eigenvalue weighted by atomic mass is 19.4. The van der Waals surface area contributed by atoms with Crippen molar-refractivity contribution in [3.63, 3.8) is 0 Å².